The van der Waals surface area contributed by atoms with Crippen LogP contribution in [0.4, 0.5) is 0 Å². The Balaban J connectivity index is 2.32. The summed E-state index contributed by atoms with van der Waals surface area (Å²) in [7, 11) is 0. The van der Waals surface area contributed by atoms with Crippen LogP contribution in [0.2, 0.25) is 0 Å². The largest absolute Gasteiger partial charge is 0.386 e. The van der Waals surface area contributed by atoms with Crippen LogP contribution in [-0.4, -0.2) is 48.5 Å². The monoisotopic (exact) mass is 258 g/mol. The third-order valence-electron chi connectivity index (χ3n) is 3.45. The Morgan fingerprint density at radius 1 is 1.50 bits per heavy atom. The average Bonchev–Trinajstić information content (AvgIpc) is 2.64. The fourth-order valence-corrected chi connectivity index (χ4v) is 1.88. The molecule has 0 aromatic rings. The number of hydrogen-bond donors (Lipinski definition) is 3. The molecule has 0 radical (unpaired) electrons. The lowest BCUT2D eigenvalue weighted by Crippen LogP contribution is -2.52. The van der Waals surface area contributed by atoms with E-state index in [-0.39, 0.29) is 18.1 Å². The molecule has 106 valence electrons. The first kappa shape index (κ1) is 15.4. The van der Waals surface area contributed by atoms with Gasteiger partial charge in [-0.2, -0.15) is 0 Å². The smallest absolute Gasteiger partial charge is 0.236 e. The molecule has 5 nitrogen and oxygen atoms in total. The predicted molar refractivity (Wildman–Crippen MR) is 70.3 cm³/mol. The molecule has 5 heteroatoms. The van der Waals surface area contributed by atoms with E-state index in [0.29, 0.717) is 32.0 Å². The average molecular weight is 258 g/mol. The summed E-state index contributed by atoms with van der Waals surface area (Å²) in [6, 6.07) is -0.305. The van der Waals surface area contributed by atoms with E-state index in [2.05, 4.69) is 24.5 Å². The maximum Gasteiger partial charge on any atom is 0.236 e. The van der Waals surface area contributed by atoms with Crippen LogP contribution in [0.25, 0.3) is 0 Å². The van der Waals surface area contributed by atoms with Crippen LogP contribution in [-0.2, 0) is 9.53 Å². The van der Waals surface area contributed by atoms with Gasteiger partial charge in [0.1, 0.15) is 5.60 Å². The van der Waals surface area contributed by atoms with E-state index in [9.17, 15) is 9.90 Å². The molecule has 3 N–H and O–H groups in total. The zero-order chi connectivity index (χ0) is 13.8. The number of aliphatic hydroxyl groups is 1. The minimum atomic E-state index is -0.855. The van der Waals surface area contributed by atoms with Gasteiger partial charge in [-0.3, -0.25) is 4.79 Å². The van der Waals surface area contributed by atoms with Crippen LogP contribution < -0.4 is 10.6 Å². The van der Waals surface area contributed by atoms with Gasteiger partial charge >= 0.3 is 0 Å². The van der Waals surface area contributed by atoms with Gasteiger partial charge in [-0.05, 0) is 19.8 Å². The molecular weight excluding hydrogens is 232 g/mol. The number of carbonyl (C=O) groups excluding carboxylic acids is 1. The molecule has 0 aromatic carbocycles. The van der Waals surface area contributed by atoms with E-state index in [4.69, 9.17) is 4.74 Å². The van der Waals surface area contributed by atoms with Crippen molar-refractivity contribution in [3.8, 4) is 0 Å². The van der Waals surface area contributed by atoms with Crippen molar-refractivity contribution in [2.24, 2.45) is 5.92 Å². The molecule has 0 aromatic heterocycles. The summed E-state index contributed by atoms with van der Waals surface area (Å²) in [4.78, 5) is 11.8. The molecule has 1 aliphatic heterocycles. The number of nitrogens with one attached hydrogen (secondary N) is 2. The number of amides is 1. The Morgan fingerprint density at radius 3 is 2.67 bits per heavy atom. The van der Waals surface area contributed by atoms with Gasteiger partial charge < -0.3 is 20.5 Å². The molecule has 1 rings (SSSR count). The second kappa shape index (κ2) is 6.50. The van der Waals surface area contributed by atoms with Gasteiger partial charge in [-0.1, -0.05) is 13.8 Å². The summed E-state index contributed by atoms with van der Waals surface area (Å²) in [5.41, 5.74) is -0.855. The van der Waals surface area contributed by atoms with Gasteiger partial charge in [0.05, 0.1) is 12.1 Å². The summed E-state index contributed by atoms with van der Waals surface area (Å²) in [5, 5.41) is 16.2. The summed E-state index contributed by atoms with van der Waals surface area (Å²) >= 11 is 0. The highest BCUT2D eigenvalue weighted by Crippen LogP contribution is 2.24. The number of rotatable bonds is 6. The van der Waals surface area contributed by atoms with Crippen LogP contribution in [0.15, 0.2) is 0 Å². The lowest BCUT2D eigenvalue weighted by Gasteiger charge is -2.28. The molecule has 3 unspecified atom stereocenters. The van der Waals surface area contributed by atoms with Gasteiger partial charge in [-0.15, -0.1) is 0 Å². The highest BCUT2D eigenvalue weighted by molar-refractivity contribution is 5.81. The third-order valence-corrected chi connectivity index (χ3v) is 3.45. The van der Waals surface area contributed by atoms with Crippen LogP contribution >= 0.6 is 0 Å². The van der Waals surface area contributed by atoms with E-state index in [0.717, 1.165) is 0 Å². The summed E-state index contributed by atoms with van der Waals surface area (Å²) in [5.74, 6) is 0.410. The lowest BCUT2D eigenvalue weighted by atomic mass is 9.96. The van der Waals surface area contributed by atoms with Crippen molar-refractivity contribution in [2.75, 3.05) is 19.7 Å². The maximum atomic E-state index is 11.8. The van der Waals surface area contributed by atoms with Gasteiger partial charge in [0, 0.05) is 26.1 Å². The topological polar surface area (TPSA) is 70.6 Å². The van der Waals surface area contributed by atoms with Crippen molar-refractivity contribution in [2.45, 2.75) is 51.9 Å². The minimum absolute atomic E-state index is 0.0288. The van der Waals surface area contributed by atoms with Crippen LogP contribution in [0.3, 0.4) is 0 Å². The predicted octanol–water partition coefficient (Wildman–Crippen LogP) is 0.277. The fourth-order valence-electron chi connectivity index (χ4n) is 1.88. The molecule has 1 saturated heterocycles. The molecule has 0 spiro atoms. The van der Waals surface area contributed by atoms with Crippen molar-refractivity contribution in [3.05, 3.63) is 0 Å². The first-order chi connectivity index (χ1) is 8.35. The third kappa shape index (κ3) is 4.23. The van der Waals surface area contributed by atoms with Crippen molar-refractivity contribution in [1.29, 1.82) is 0 Å². The van der Waals surface area contributed by atoms with E-state index < -0.39 is 5.60 Å². The van der Waals surface area contributed by atoms with Crippen LogP contribution in [0.5, 0.6) is 0 Å². The molecule has 1 heterocycles. The second-order valence-corrected chi connectivity index (χ2v) is 5.61. The molecule has 1 fully saturated rings. The molecule has 1 amide bonds. The SMILES string of the molecule is CC(C)CNC(=O)C(C)NCC1(O)CCOC1C. The van der Waals surface area contributed by atoms with Crippen molar-refractivity contribution >= 4 is 5.91 Å². The van der Waals surface area contributed by atoms with Crippen LogP contribution in [0, 0.1) is 5.92 Å². The molecule has 1 aliphatic rings. The Morgan fingerprint density at radius 2 is 2.17 bits per heavy atom. The highest BCUT2D eigenvalue weighted by Gasteiger charge is 2.39. The summed E-state index contributed by atoms with van der Waals surface area (Å²) in [6.45, 7) is 9.40. The summed E-state index contributed by atoms with van der Waals surface area (Å²) < 4.78 is 5.35. The van der Waals surface area contributed by atoms with E-state index in [1.54, 1.807) is 6.92 Å². The zero-order valence-corrected chi connectivity index (χ0v) is 11.8. The quantitative estimate of drug-likeness (QED) is 0.640. The molecule has 0 bridgehead atoms. The number of hydrogen-bond acceptors (Lipinski definition) is 4. The molecule has 0 saturated carbocycles. The molecule has 3 atom stereocenters. The normalized spacial score (nSPS) is 29.6. The van der Waals surface area contributed by atoms with Gasteiger partial charge in [-0.25, -0.2) is 0 Å². The first-order valence-corrected chi connectivity index (χ1v) is 6.70. The van der Waals surface area contributed by atoms with E-state index >= 15 is 0 Å². The van der Waals surface area contributed by atoms with E-state index in [1.165, 1.54) is 0 Å². The number of carbonyl (C=O) groups is 1. The Kier molecular flexibility index (Phi) is 5.56. The lowest BCUT2D eigenvalue weighted by molar-refractivity contribution is -0.123. The second-order valence-electron chi connectivity index (χ2n) is 5.61. The maximum absolute atomic E-state index is 11.8. The zero-order valence-electron chi connectivity index (χ0n) is 11.8. The summed E-state index contributed by atoms with van der Waals surface area (Å²) in [6.07, 6.45) is 0.428. The number of ether oxygens (including phenoxy) is 1. The van der Waals surface area contributed by atoms with E-state index in [1.807, 2.05) is 6.92 Å². The van der Waals surface area contributed by atoms with Crippen LogP contribution in [0.1, 0.15) is 34.1 Å². The molecular formula is C13H26N2O3. The fraction of sp³-hybridized carbons (Fsp3) is 0.923. The minimum Gasteiger partial charge on any atom is -0.386 e. The highest BCUT2D eigenvalue weighted by atomic mass is 16.5. The first-order valence-electron chi connectivity index (χ1n) is 6.70. The molecule has 18 heavy (non-hydrogen) atoms. The standard InChI is InChI=1S/C13H26N2O3/c1-9(2)7-14-12(16)10(3)15-8-13(17)5-6-18-11(13)4/h9-11,15,17H,5-8H2,1-4H3,(H,14,16). The Bertz CT molecular complexity index is 283. The Hall–Kier alpha value is -0.650. The van der Waals surface area contributed by atoms with Gasteiger partial charge in [0.2, 0.25) is 5.91 Å². The van der Waals surface area contributed by atoms with Crippen molar-refractivity contribution < 1.29 is 14.6 Å². The Labute approximate surface area is 109 Å². The van der Waals surface area contributed by atoms with Gasteiger partial charge in [0.25, 0.3) is 0 Å². The van der Waals surface area contributed by atoms with Gasteiger partial charge in [0.15, 0.2) is 0 Å². The molecule has 0 aliphatic carbocycles. The van der Waals surface area contributed by atoms with Crippen molar-refractivity contribution in [3.63, 3.8) is 0 Å². The van der Waals surface area contributed by atoms with Crippen molar-refractivity contribution in [1.82, 2.24) is 10.6 Å².